The Morgan fingerprint density at radius 2 is 1.76 bits per heavy atom. The first-order valence-corrected chi connectivity index (χ1v) is 7.72. The van der Waals surface area contributed by atoms with Crippen molar-refractivity contribution in [1.82, 2.24) is 19.8 Å². The van der Waals surface area contributed by atoms with Crippen molar-refractivity contribution in [2.24, 2.45) is 0 Å². The maximum atomic E-state index is 12.2. The molecule has 0 saturated heterocycles. The molecule has 0 aliphatic carbocycles. The van der Waals surface area contributed by atoms with Gasteiger partial charge in [-0.05, 0) is 19.1 Å². The van der Waals surface area contributed by atoms with E-state index in [0.717, 1.165) is 4.90 Å². The van der Waals surface area contributed by atoms with Gasteiger partial charge in [-0.25, -0.2) is 4.98 Å². The molecule has 2 heterocycles. The first-order chi connectivity index (χ1) is 12.0. The molecule has 8 nitrogen and oxygen atoms in total. The first-order valence-electron chi connectivity index (χ1n) is 7.72. The summed E-state index contributed by atoms with van der Waals surface area (Å²) in [6.45, 7) is 1.74. The molecule has 25 heavy (non-hydrogen) atoms. The van der Waals surface area contributed by atoms with Gasteiger partial charge in [0.15, 0.2) is 0 Å². The van der Waals surface area contributed by atoms with Crippen LogP contribution in [0.1, 0.15) is 26.3 Å². The summed E-state index contributed by atoms with van der Waals surface area (Å²) in [4.78, 5) is 53.1. The van der Waals surface area contributed by atoms with Gasteiger partial charge in [-0.2, -0.15) is 0 Å². The van der Waals surface area contributed by atoms with E-state index in [4.69, 9.17) is 0 Å². The van der Waals surface area contributed by atoms with Crippen LogP contribution < -0.4 is 10.9 Å². The van der Waals surface area contributed by atoms with E-state index in [-0.39, 0.29) is 25.2 Å². The number of hydrogen-bond acceptors (Lipinski definition) is 5. The average molecular weight is 340 g/mol. The van der Waals surface area contributed by atoms with Crippen molar-refractivity contribution in [3.05, 3.63) is 63.8 Å². The van der Waals surface area contributed by atoms with Gasteiger partial charge >= 0.3 is 0 Å². The van der Waals surface area contributed by atoms with Crippen molar-refractivity contribution < 1.29 is 14.4 Å². The van der Waals surface area contributed by atoms with Crippen LogP contribution in [0.2, 0.25) is 0 Å². The number of aryl methyl sites for hydroxylation is 1. The third-order valence-electron chi connectivity index (χ3n) is 3.93. The van der Waals surface area contributed by atoms with Crippen LogP contribution in [0.15, 0.2) is 41.6 Å². The molecule has 0 saturated carbocycles. The Morgan fingerprint density at radius 1 is 1.12 bits per heavy atom. The molecule has 0 atom stereocenters. The molecule has 1 aliphatic heterocycles. The molecule has 1 N–H and O–H groups in total. The van der Waals surface area contributed by atoms with E-state index < -0.39 is 17.7 Å². The van der Waals surface area contributed by atoms with Crippen LogP contribution in [-0.4, -0.2) is 45.3 Å². The predicted molar refractivity (Wildman–Crippen MR) is 88.1 cm³/mol. The first kappa shape index (κ1) is 16.6. The Morgan fingerprint density at radius 3 is 2.40 bits per heavy atom. The van der Waals surface area contributed by atoms with Crippen LogP contribution in [-0.2, 0) is 11.3 Å². The number of rotatable bonds is 5. The van der Waals surface area contributed by atoms with Gasteiger partial charge in [0.2, 0.25) is 5.91 Å². The maximum absolute atomic E-state index is 12.2. The number of imide groups is 1. The zero-order valence-electron chi connectivity index (χ0n) is 13.6. The lowest BCUT2D eigenvalue weighted by atomic mass is 10.1. The Labute approximate surface area is 143 Å². The molecule has 0 fully saturated rings. The summed E-state index contributed by atoms with van der Waals surface area (Å²) in [5.74, 6) is -1.42. The minimum absolute atomic E-state index is 0.176. The molecule has 0 spiro atoms. The quantitative estimate of drug-likeness (QED) is 0.770. The number of amides is 3. The van der Waals surface area contributed by atoms with Crippen LogP contribution in [0, 0.1) is 6.92 Å². The van der Waals surface area contributed by atoms with Gasteiger partial charge in [0.05, 0.1) is 17.5 Å². The number of carbonyl (C=O) groups is 3. The molecule has 1 aromatic heterocycles. The number of aromatic nitrogens is 2. The lowest BCUT2D eigenvalue weighted by Crippen LogP contribution is -2.41. The SMILES string of the molecule is Cc1cncn(CCNC(=O)CN2C(=O)c3ccccc3C2=O)c1=O. The fourth-order valence-corrected chi connectivity index (χ4v) is 2.62. The third kappa shape index (κ3) is 3.18. The van der Waals surface area contributed by atoms with Gasteiger partial charge in [-0.15, -0.1) is 0 Å². The number of carbonyl (C=O) groups excluding carboxylic acids is 3. The topological polar surface area (TPSA) is 101 Å². The summed E-state index contributed by atoms with van der Waals surface area (Å²) in [7, 11) is 0. The van der Waals surface area contributed by atoms with E-state index in [1.807, 2.05) is 0 Å². The summed E-state index contributed by atoms with van der Waals surface area (Å²) in [5, 5.41) is 2.60. The highest BCUT2D eigenvalue weighted by atomic mass is 16.2. The Bertz CT molecular complexity index is 884. The highest BCUT2D eigenvalue weighted by molar-refractivity contribution is 6.22. The third-order valence-corrected chi connectivity index (χ3v) is 3.93. The van der Waals surface area contributed by atoms with Crippen LogP contribution in [0.3, 0.4) is 0 Å². The Balaban J connectivity index is 1.57. The summed E-state index contributed by atoms with van der Waals surface area (Å²) < 4.78 is 1.39. The van der Waals surface area contributed by atoms with Gasteiger partial charge in [0.25, 0.3) is 17.4 Å². The predicted octanol–water partition coefficient (Wildman–Crippen LogP) is -0.0359. The molecule has 2 aromatic rings. The number of fused-ring (bicyclic) bond motifs is 1. The molecule has 1 aliphatic rings. The monoisotopic (exact) mass is 340 g/mol. The molecule has 128 valence electrons. The van der Waals surface area contributed by atoms with Gasteiger partial charge in [0, 0.05) is 24.8 Å². The van der Waals surface area contributed by atoms with Gasteiger partial charge in [-0.3, -0.25) is 28.6 Å². The summed E-state index contributed by atoms with van der Waals surface area (Å²) in [6, 6.07) is 6.46. The molecule has 0 radical (unpaired) electrons. The van der Waals surface area contributed by atoms with Crippen molar-refractivity contribution in [3.63, 3.8) is 0 Å². The largest absolute Gasteiger partial charge is 0.353 e. The number of benzene rings is 1. The molecule has 0 unspecified atom stereocenters. The Kier molecular flexibility index (Phi) is 4.42. The molecule has 3 amide bonds. The second kappa shape index (κ2) is 6.68. The smallest absolute Gasteiger partial charge is 0.262 e. The van der Waals surface area contributed by atoms with Crippen LogP contribution in [0.5, 0.6) is 0 Å². The number of hydrogen-bond donors (Lipinski definition) is 1. The van der Waals surface area contributed by atoms with Gasteiger partial charge in [0.1, 0.15) is 6.54 Å². The fourth-order valence-electron chi connectivity index (χ4n) is 2.62. The van der Waals surface area contributed by atoms with E-state index >= 15 is 0 Å². The highest BCUT2D eigenvalue weighted by Gasteiger charge is 2.36. The van der Waals surface area contributed by atoms with Gasteiger partial charge < -0.3 is 5.32 Å². The summed E-state index contributed by atoms with van der Waals surface area (Å²) >= 11 is 0. The number of nitrogens with zero attached hydrogens (tertiary/aromatic N) is 3. The maximum Gasteiger partial charge on any atom is 0.262 e. The van der Waals surface area contributed by atoms with E-state index in [2.05, 4.69) is 10.3 Å². The van der Waals surface area contributed by atoms with Gasteiger partial charge in [-0.1, -0.05) is 12.1 Å². The second-order valence-electron chi connectivity index (χ2n) is 5.67. The zero-order valence-corrected chi connectivity index (χ0v) is 13.6. The lowest BCUT2D eigenvalue weighted by molar-refractivity contribution is -0.121. The van der Waals surface area contributed by atoms with Crippen molar-refractivity contribution >= 4 is 17.7 Å². The van der Waals surface area contributed by atoms with Crippen molar-refractivity contribution in [2.45, 2.75) is 13.5 Å². The molecule has 3 rings (SSSR count). The average Bonchev–Trinajstić information content (AvgIpc) is 2.84. The van der Waals surface area contributed by atoms with Crippen molar-refractivity contribution in [2.75, 3.05) is 13.1 Å². The van der Waals surface area contributed by atoms with E-state index in [1.54, 1.807) is 31.2 Å². The molecular formula is C17H16N4O4. The fraction of sp³-hybridized carbons (Fsp3) is 0.235. The number of nitrogens with one attached hydrogen (secondary N) is 1. The van der Waals surface area contributed by atoms with Crippen LogP contribution in [0.25, 0.3) is 0 Å². The molecule has 0 bridgehead atoms. The lowest BCUT2D eigenvalue weighted by Gasteiger charge is -2.14. The molecular weight excluding hydrogens is 324 g/mol. The van der Waals surface area contributed by atoms with E-state index in [1.165, 1.54) is 17.1 Å². The summed E-state index contributed by atoms with van der Waals surface area (Å²) in [6.07, 6.45) is 2.87. The van der Waals surface area contributed by atoms with Crippen LogP contribution >= 0.6 is 0 Å². The van der Waals surface area contributed by atoms with Crippen molar-refractivity contribution in [3.8, 4) is 0 Å². The second-order valence-corrected chi connectivity index (χ2v) is 5.67. The standard InChI is InChI=1S/C17H16N4O4/c1-11-8-18-10-20(15(11)23)7-6-19-14(22)9-21-16(24)12-4-2-3-5-13(12)17(21)25/h2-5,8,10H,6-7,9H2,1H3,(H,19,22). The molecule has 1 aromatic carbocycles. The zero-order chi connectivity index (χ0) is 18.0. The normalized spacial score (nSPS) is 13.1. The Hall–Kier alpha value is -3.29. The minimum Gasteiger partial charge on any atom is -0.353 e. The highest BCUT2D eigenvalue weighted by Crippen LogP contribution is 2.21. The minimum atomic E-state index is -0.477. The van der Waals surface area contributed by atoms with Crippen molar-refractivity contribution in [1.29, 1.82) is 0 Å². The summed E-state index contributed by atoms with van der Waals surface area (Å²) in [5.41, 5.74) is 0.944. The molecule has 8 heteroatoms. The van der Waals surface area contributed by atoms with E-state index in [0.29, 0.717) is 16.7 Å². The van der Waals surface area contributed by atoms with Crippen LogP contribution in [0.4, 0.5) is 0 Å². The van der Waals surface area contributed by atoms with E-state index in [9.17, 15) is 19.2 Å².